The average molecular weight is 311 g/mol. The molecule has 122 valence electrons. The van der Waals surface area contributed by atoms with E-state index in [4.69, 9.17) is 0 Å². The Hall–Kier alpha value is -2.10. The Morgan fingerprint density at radius 1 is 1.26 bits per heavy atom. The minimum atomic E-state index is 0.115. The summed E-state index contributed by atoms with van der Waals surface area (Å²) in [5.74, 6) is 0.115. The lowest BCUT2D eigenvalue weighted by Crippen LogP contribution is -2.26. The fourth-order valence-corrected chi connectivity index (χ4v) is 3.28. The molecule has 1 aromatic heterocycles. The van der Waals surface area contributed by atoms with E-state index in [0.717, 1.165) is 30.5 Å². The first-order valence-electron chi connectivity index (χ1n) is 8.58. The molecule has 0 fully saturated rings. The third-order valence-electron chi connectivity index (χ3n) is 4.66. The van der Waals surface area contributed by atoms with Crippen molar-refractivity contribution in [3.63, 3.8) is 0 Å². The van der Waals surface area contributed by atoms with E-state index in [-0.39, 0.29) is 5.91 Å². The number of nitrogens with one attached hydrogen (secondary N) is 2. The molecule has 0 atom stereocenters. The smallest absolute Gasteiger partial charge is 0.224 e. The van der Waals surface area contributed by atoms with Gasteiger partial charge in [0.1, 0.15) is 0 Å². The van der Waals surface area contributed by atoms with Crippen LogP contribution < -0.4 is 5.32 Å². The van der Waals surface area contributed by atoms with Crippen molar-refractivity contribution in [2.75, 3.05) is 6.54 Å². The number of H-pyrrole nitrogens is 1. The Labute approximate surface area is 137 Å². The summed E-state index contributed by atoms with van der Waals surface area (Å²) in [6, 6.07) is 6.54. The van der Waals surface area contributed by atoms with Crippen molar-refractivity contribution in [2.45, 2.75) is 51.9 Å². The second kappa shape index (κ2) is 7.44. The van der Waals surface area contributed by atoms with Gasteiger partial charge in [-0.25, -0.2) is 0 Å². The summed E-state index contributed by atoms with van der Waals surface area (Å²) in [4.78, 5) is 12.1. The van der Waals surface area contributed by atoms with Gasteiger partial charge in [-0.1, -0.05) is 18.2 Å². The Bertz CT molecular complexity index is 675. The summed E-state index contributed by atoms with van der Waals surface area (Å²) in [5.41, 5.74) is 6.39. The number of amides is 1. The molecule has 2 aromatic rings. The van der Waals surface area contributed by atoms with E-state index in [0.29, 0.717) is 13.0 Å². The van der Waals surface area contributed by atoms with Crippen LogP contribution in [0.1, 0.15) is 47.2 Å². The maximum absolute atomic E-state index is 12.1. The summed E-state index contributed by atoms with van der Waals surface area (Å²) in [6.07, 6.45) is 9.16. The monoisotopic (exact) mass is 311 g/mol. The molecule has 0 unspecified atom stereocenters. The minimum absolute atomic E-state index is 0.115. The third-order valence-corrected chi connectivity index (χ3v) is 4.66. The number of hydrogen-bond acceptors (Lipinski definition) is 2. The molecule has 0 radical (unpaired) electrons. The van der Waals surface area contributed by atoms with E-state index >= 15 is 0 Å². The largest absolute Gasteiger partial charge is 0.356 e. The van der Waals surface area contributed by atoms with Gasteiger partial charge in [0, 0.05) is 12.2 Å². The highest BCUT2D eigenvalue weighted by Crippen LogP contribution is 2.22. The lowest BCUT2D eigenvalue weighted by atomic mass is 9.90. The molecule has 3 rings (SSSR count). The molecule has 1 aliphatic rings. The molecular formula is C19H25N3O. The Kier molecular flexibility index (Phi) is 5.11. The standard InChI is InChI=1S/C19H25N3O/c1-14-18(13-21-22-14)7-4-10-20-19(23)12-15-8-9-16-5-2-3-6-17(16)11-15/h8-9,11,13H,2-7,10,12H2,1H3,(H,20,23)(H,21,22). The molecule has 2 N–H and O–H groups in total. The molecule has 0 aliphatic heterocycles. The zero-order valence-corrected chi connectivity index (χ0v) is 13.8. The van der Waals surface area contributed by atoms with Crippen LogP contribution in [0.2, 0.25) is 0 Å². The number of nitrogens with zero attached hydrogens (tertiary/aromatic N) is 1. The van der Waals surface area contributed by atoms with Crippen molar-refractivity contribution >= 4 is 5.91 Å². The van der Waals surface area contributed by atoms with E-state index in [9.17, 15) is 4.79 Å². The van der Waals surface area contributed by atoms with Crippen LogP contribution in [0.5, 0.6) is 0 Å². The van der Waals surface area contributed by atoms with Crippen LogP contribution >= 0.6 is 0 Å². The van der Waals surface area contributed by atoms with Gasteiger partial charge in [0.15, 0.2) is 0 Å². The van der Waals surface area contributed by atoms with Gasteiger partial charge in [-0.3, -0.25) is 9.89 Å². The number of aromatic amines is 1. The quantitative estimate of drug-likeness (QED) is 0.806. The van der Waals surface area contributed by atoms with E-state index in [2.05, 4.69) is 33.7 Å². The molecule has 1 amide bonds. The van der Waals surface area contributed by atoms with Gasteiger partial charge < -0.3 is 5.32 Å². The van der Waals surface area contributed by atoms with Gasteiger partial charge >= 0.3 is 0 Å². The van der Waals surface area contributed by atoms with Crippen LogP contribution in [0.25, 0.3) is 0 Å². The molecule has 23 heavy (non-hydrogen) atoms. The summed E-state index contributed by atoms with van der Waals surface area (Å²) in [7, 11) is 0. The van der Waals surface area contributed by atoms with Crippen molar-refractivity contribution in [3.05, 3.63) is 52.3 Å². The van der Waals surface area contributed by atoms with Gasteiger partial charge in [0.2, 0.25) is 5.91 Å². The van der Waals surface area contributed by atoms with Gasteiger partial charge in [-0.2, -0.15) is 5.10 Å². The lowest BCUT2D eigenvalue weighted by Gasteiger charge is -2.16. The normalized spacial score (nSPS) is 13.6. The SMILES string of the molecule is Cc1[nH]ncc1CCCNC(=O)Cc1ccc2c(c1)CCCC2. The fourth-order valence-electron chi connectivity index (χ4n) is 3.28. The molecule has 0 bridgehead atoms. The number of hydrogen-bond donors (Lipinski definition) is 2. The highest BCUT2D eigenvalue weighted by Gasteiger charge is 2.11. The second-order valence-corrected chi connectivity index (χ2v) is 6.46. The second-order valence-electron chi connectivity index (χ2n) is 6.46. The van der Waals surface area contributed by atoms with E-state index in [1.807, 2.05) is 13.1 Å². The molecule has 4 heteroatoms. The first-order valence-corrected chi connectivity index (χ1v) is 8.58. The topological polar surface area (TPSA) is 57.8 Å². The van der Waals surface area contributed by atoms with Crippen molar-refractivity contribution in [2.24, 2.45) is 0 Å². The van der Waals surface area contributed by atoms with E-state index < -0.39 is 0 Å². The molecule has 1 aromatic carbocycles. The average Bonchev–Trinajstić information content (AvgIpc) is 2.97. The summed E-state index contributed by atoms with van der Waals surface area (Å²) in [5, 5.41) is 9.98. The number of carbonyl (C=O) groups is 1. The zero-order chi connectivity index (χ0) is 16.1. The summed E-state index contributed by atoms with van der Waals surface area (Å²) < 4.78 is 0. The first kappa shape index (κ1) is 15.8. The molecule has 4 nitrogen and oxygen atoms in total. The van der Waals surface area contributed by atoms with Crippen molar-refractivity contribution < 1.29 is 4.79 Å². The van der Waals surface area contributed by atoms with Crippen LogP contribution in [0.3, 0.4) is 0 Å². The van der Waals surface area contributed by atoms with E-state index in [1.54, 1.807) is 0 Å². The van der Waals surface area contributed by atoms with Crippen molar-refractivity contribution in [1.29, 1.82) is 0 Å². The number of aryl methyl sites for hydroxylation is 4. The maximum Gasteiger partial charge on any atom is 0.224 e. The van der Waals surface area contributed by atoms with Crippen molar-refractivity contribution in [1.82, 2.24) is 15.5 Å². The van der Waals surface area contributed by atoms with Gasteiger partial charge in [0.25, 0.3) is 0 Å². The molecule has 1 heterocycles. The minimum Gasteiger partial charge on any atom is -0.356 e. The number of carbonyl (C=O) groups excluding carboxylic acids is 1. The van der Waals surface area contributed by atoms with Crippen LogP contribution in [0.4, 0.5) is 0 Å². The van der Waals surface area contributed by atoms with Gasteiger partial charge in [-0.15, -0.1) is 0 Å². The maximum atomic E-state index is 12.1. The fraction of sp³-hybridized carbons (Fsp3) is 0.474. The molecule has 0 saturated heterocycles. The lowest BCUT2D eigenvalue weighted by molar-refractivity contribution is -0.120. The Morgan fingerprint density at radius 2 is 2.09 bits per heavy atom. The van der Waals surface area contributed by atoms with Crippen LogP contribution in [0, 0.1) is 6.92 Å². The molecule has 0 saturated carbocycles. The molecule has 0 spiro atoms. The van der Waals surface area contributed by atoms with Crippen LogP contribution in [0.15, 0.2) is 24.4 Å². The summed E-state index contributed by atoms with van der Waals surface area (Å²) in [6.45, 7) is 2.74. The van der Waals surface area contributed by atoms with Crippen LogP contribution in [-0.2, 0) is 30.5 Å². The Morgan fingerprint density at radius 3 is 2.87 bits per heavy atom. The third kappa shape index (κ3) is 4.21. The molecule has 1 aliphatic carbocycles. The van der Waals surface area contributed by atoms with Gasteiger partial charge in [0.05, 0.1) is 12.6 Å². The predicted octanol–water partition coefficient (Wildman–Crippen LogP) is 2.89. The Balaban J connectivity index is 1.43. The first-order chi connectivity index (χ1) is 11.2. The van der Waals surface area contributed by atoms with Crippen LogP contribution in [-0.4, -0.2) is 22.6 Å². The number of aromatic nitrogens is 2. The van der Waals surface area contributed by atoms with Crippen molar-refractivity contribution in [3.8, 4) is 0 Å². The van der Waals surface area contributed by atoms with Gasteiger partial charge in [-0.05, 0) is 67.7 Å². The highest BCUT2D eigenvalue weighted by molar-refractivity contribution is 5.78. The van der Waals surface area contributed by atoms with E-state index in [1.165, 1.54) is 36.0 Å². The predicted molar refractivity (Wildman–Crippen MR) is 91.4 cm³/mol. The number of rotatable bonds is 6. The molecular weight excluding hydrogens is 286 g/mol. The number of benzene rings is 1. The summed E-state index contributed by atoms with van der Waals surface area (Å²) >= 11 is 0. The highest BCUT2D eigenvalue weighted by atomic mass is 16.1. The zero-order valence-electron chi connectivity index (χ0n) is 13.8. The number of fused-ring (bicyclic) bond motifs is 1.